The fourth-order valence-corrected chi connectivity index (χ4v) is 3.67. The van der Waals surface area contributed by atoms with Crippen molar-refractivity contribution in [1.29, 1.82) is 5.26 Å². The maximum atomic E-state index is 13.3. The molecule has 1 aliphatic carbocycles. The normalized spacial score (nSPS) is 13.2. The third kappa shape index (κ3) is 4.00. The summed E-state index contributed by atoms with van der Waals surface area (Å²) in [7, 11) is 1.56. The van der Waals surface area contributed by atoms with Crippen molar-refractivity contribution in [3.8, 4) is 17.8 Å². The molecular formula is C23H23N5O4. The minimum absolute atomic E-state index is 0.109. The molecule has 0 spiro atoms. The molecule has 0 amide bonds. The average molecular weight is 433 g/mol. The van der Waals surface area contributed by atoms with Crippen molar-refractivity contribution in [2.75, 3.05) is 6.61 Å². The van der Waals surface area contributed by atoms with Crippen LogP contribution < -0.4 is 16.0 Å². The average Bonchev–Trinajstić information content (AvgIpc) is 3.17. The molecule has 9 heteroatoms. The molecule has 9 nitrogen and oxygen atoms in total. The van der Waals surface area contributed by atoms with Crippen molar-refractivity contribution in [2.45, 2.75) is 32.4 Å². The van der Waals surface area contributed by atoms with E-state index in [1.165, 1.54) is 4.57 Å². The van der Waals surface area contributed by atoms with Crippen LogP contribution in [0.15, 0.2) is 57.7 Å². The summed E-state index contributed by atoms with van der Waals surface area (Å²) in [4.78, 5) is 30.5. The van der Waals surface area contributed by atoms with E-state index in [-0.39, 0.29) is 36.7 Å². The Kier molecular flexibility index (Phi) is 6.05. The number of aromatic nitrogens is 4. The second-order valence-corrected chi connectivity index (χ2v) is 7.53. The molecule has 0 saturated heterocycles. The van der Waals surface area contributed by atoms with E-state index in [4.69, 9.17) is 10.00 Å². The summed E-state index contributed by atoms with van der Waals surface area (Å²) in [5.74, 6) is 0.458. The zero-order chi connectivity index (χ0) is 22.7. The molecule has 0 fully saturated rings. The van der Waals surface area contributed by atoms with Crippen molar-refractivity contribution in [3.05, 3.63) is 74.5 Å². The monoisotopic (exact) mass is 433 g/mol. The molecule has 0 bridgehead atoms. The summed E-state index contributed by atoms with van der Waals surface area (Å²) in [5.41, 5.74) is 1.02. The molecule has 3 aromatic rings. The van der Waals surface area contributed by atoms with Gasteiger partial charge < -0.3 is 9.84 Å². The molecule has 164 valence electrons. The van der Waals surface area contributed by atoms with Gasteiger partial charge in [-0.25, -0.2) is 4.79 Å². The van der Waals surface area contributed by atoms with E-state index in [0.29, 0.717) is 17.9 Å². The Morgan fingerprint density at radius 1 is 1.19 bits per heavy atom. The van der Waals surface area contributed by atoms with E-state index < -0.39 is 11.2 Å². The minimum atomic E-state index is -0.498. The maximum absolute atomic E-state index is 13.3. The lowest BCUT2D eigenvalue weighted by molar-refractivity contribution is 0.277. The second kappa shape index (κ2) is 9.08. The predicted octanol–water partition coefficient (Wildman–Crippen LogP) is 2.22. The summed E-state index contributed by atoms with van der Waals surface area (Å²) in [6.45, 7) is 0.335. The number of fused-ring (bicyclic) bond motifs is 1. The van der Waals surface area contributed by atoms with Crippen LogP contribution in [-0.2, 0) is 20.1 Å². The Hall–Kier alpha value is -3.90. The molecule has 0 unspecified atom stereocenters. The van der Waals surface area contributed by atoms with Crippen LogP contribution in [0.1, 0.15) is 24.8 Å². The van der Waals surface area contributed by atoms with E-state index in [9.17, 15) is 14.7 Å². The number of ether oxygens (including phenoxy) is 1. The van der Waals surface area contributed by atoms with Crippen LogP contribution in [-0.4, -0.2) is 30.4 Å². The number of hydrogen-bond donors (Lipinski definition) is 1. The highest BCUT2D eigenvalue weighted by Gasteiger charge is 2.22. The molecule has 0 radical (unpaired) electrons. The highest BCUT2D eigenvalue weighted by Crippen LogP contribution is 2.26. The smallest absolute Gasteiger partial charge is 0.332 e. The summed E-state index contributed by atoms with van der Waals surface area (Å²) in [6.07, 6.45) is 8.34. The van der Waals surface area contributed by atoms with Crippen LogP contribution in [0, 0.1) is 11.3 Å². The molecule has 0 saturated carbocycles. The first-order valence-electron chi connectivity index (χ1n) is 10.4. The van der Waals surface area contributed by atoms with Gasteiger partial charge in [-0.1, -0.05) is 18.2 Å². The van der Waals surface area contributed by atoms with Gasteiger partial charge in [-0.05, 0) is 49.1 Å². The Bertz CT molecular complexity index is 1370. The third-order valence-electron chi connectivity index (χ3n) is 5.34. The number of allylic oxidation sites excluding steroid dienone is 4. The van der Waals surface area contributed by atoms with Gasteiger partial charge in [0.25, 0.3) is 5.56 Å². The lowest BCUT2D eigenvalue weighted by Gasteiger charge is -2.13. The molecule has 0 atom stereocenters. The Morgan fingerprint density at radius 2 is 1.97 bits per heavy atom. The lowest BCUT2D eigenvalue weighted by atomic mass is 10.1. The number of imidazole rings is 1. The number of aliphatic hydroxyl groups is 1. The number of nitriles is 1. The maximum Gasteiger partial charge on any atom is 0.332 e. The van der Waals surface area contributed by atoms with Crippen molar-refractivity contribution in [1.82, 2.24) is 18.7 Å². The number of hydrogen-bond acceptors (Lipinski definition) is 6. The Morgan fingerprint density at radius 3 is 2.62 bits per heavy atom. The van der Waals surface area contributed by atoms with Gasteiger partial charge in [0.15, 0.2) is 11.2 Å². The summed E-state index contributed by atoms with van der Waals surface area (Å²) >= 11 is 0. The second-order valence-electron chi connectivity index (χ2n) is 7.53. The summed E-state index contributed by atoms with van der Waals surface area (Å²) < 4.78 is 10.1. The molecule has 1 N–H and O–H groups in total. The van der Waals surface area contributed by atoms with Crippen LogP contribution in [0.3, 0.4) is 0 Å². The van der Waals surface area contributed by atoms with Crippen LogP contribution in [0.5, 0.6) is 11.8 Å². The van der Waals surface area contributed by atoms with Crippen LogP contribution >= 0.6 is 0 Å². The molecule has 2 aromatic heterocycles. The van der Waals surface area contributed by atoms with Gasteiger partial charge in [-0.2, -0.15) is 10.2 Å². The van der Waals surface area contributed by atoms with Crippen molar-refractivity contribution in [2.24, 2.45) is 7.05 Å². The first kappa shape index (κ1) is 21.3. The van der Waals surface area contributed by atoms with Gasteiger partial charge in [0.1, 0.15) is 5.75 Å². The van der Waals surface area contributed by atoms with Gasteiger partial charge >= 0.3 is 11.7 Å². The minimum Gasteiger partial charge on any atom is -0.425 e. The summed E-state index contributed by atoms with van der Waals surface area (Å²) in [6, 6.07) is 8.80. The number of rotatable bonds is 7. The molecular weight excluding hydrogens is 410 g/mol. The van der Waals surface area contributed by atoms with Crippen molar-refractivity contribution >= 4 is 11.2 Å². The molecule has 2 heterocycles. The van der Waals surface area contributed by atoms with Crippen LogP contribution in [0.2, 0.25) is 0 Å². The standard InChI is InChI=1S/C23H23N5O4/c1-26-20-19(21(30)27(23(26)31)12-5-13-29)28(15-17-6-3-2-4-7-17)22(25-20)32-18-10-8-16(14-24)9-11-18/h3,6-11,29H,2,4-5,12-13,15H2,1H3. The fraction of sp³-hybridized carbons (Fsp3) is 0.304. The quantitative estimate of drug-likeness (QED) is 0.611. The fourth-order valence-electron chi connectivity index (χ4n) is 3.67. The topological polar surface area (TPSA) is 115 Å². The molecule has 32 heavy (non-hydrogen) atoms. The van der Waals surface area contributed by atoms with Gasteiger partial charge in [0.2, 0.25) is 0 Å². The third-order valence-corrected chi connectivity index (χ3v) is 5.34. The van der Waals surface area contributed by atoms with E-state index in [2.05, 4.69) is 23.2 Å². The highest BCUT2D eigenvalue weighted by molar-refractivity contribution is 5.72. The number of aryl methyl sites for hydroxylation is 1. The molecule has 0 aliphatic heterocycles. The van der Waals surface area contributed by atoms with Gasteiger partial charge in [0.05, 0.1) is 18.2 Å². The van der Waals surface area contributed by atoms with Gasteiger partial charge in [-0.15, -0.1) is 0 Å². The number of aliphatic hydroxyl groups excluding tert-OH is 1. The Balaban J connectivity index is 1.89. The SMILES string of the molecule is Cn1c(=O)n(CCCO)c(=O)c2c1nc(Oc1ccc(C#N)cc1)n2CC1=CCCC=C1. The zero-order valence-corrected chi connectivity index (χ0v) is 17.7. The van der Waals surface area contributed by atoms with E-state index in [1.807, 2.05) is 6.08 Å². The van der Waals surface area contributed by atoms with Crippen LogP contribution in [0.4, 0.5) is 0 Å². The summed E-state index contributed by atoms with van der Waals surface area (Å²) in [5, 5.41) is 18.2. The van der Waals surface area contributed by atoms with Gasteiger partial charge in [0, 0.05) is 20.2 Å². The van der Waals surface area contributed by atoms with E-state index >= 15 is 0 Å². The van der Waals surface area contributed by atoms with Crippen LogP contribution in [0.25, 0.3) is 11.2 Å². The largest absolute Gasteiger partial charge is 0.425 e. The molecule has 1 aliphatic rings. The van der Waals surface area contributed by atoms with Gasteiger partial charge in [-0.3, -0.25) is 18.5 Å². The number of benzene rings is 1. The lowest BCUT2D eigenvalue weighted by Crippen LogP contribution is -2.39. The number of nitrogens with zero attached hydrogens (tertiary/aromatic N) is 5. The van der Waals surface area contributed by atoms with E-state index in [0.717, 1.165) is 23.0 Å². The predicted molar refractivity (Wildman–Crippen MR) is 119 cm³/mol. The van der Waals surface area contributed by atoms with Crippen molar-refractivity contribution in [3.63, 3.8) is 0 Å². The highest BCUT2D eigenvalue weighted by atomic mass is 16.5. The zero-order valence-electron chi connectivity index (χ0n) is 17.7. The molecule has 4 rings (SSSR count). The van der Waals surface area contributed by atoms with Crippen molar-refractivity contribution < 1.29 is 9.84 Å². The first-order chi connectivity index (χ1) is 15.5. The molecule has 1 aromatic carbocycles. The van der Waals surface area contributed by atoms with E-state index in [1.54, 1.807) is 35.9 Å². The Labute approximate surface area is 183 Å². The first-order valence-corrected chi connectivity index (χ1v) is 10.4.